The molecule has 1 saturated heterocycles. The van der Waals surface area contributed by atoms with Crippen molar-refractivity contribution in [3.05, 3.63) is 24.3 Å². The summed E-state index contributed by atoms with van der Waals surface area (Å²) in [6, 6.07) is 9.03. The van der Waals surface area contributed by atoms with Crippen molar-refractivity contribution in [3.63, 3.8) is 0 Å². The zero-order valence-electron chi connectivity index (χ0n) is 8.98. The predicted octanol–water partition coefficient (Wildman–Crippen LogP) is 3.14. The summed E-state index contributed by atoms with van der Waals surface area (Å²) in [5.74, 6) is 2.43. The second-order valence-corrected chi connectivity index (χ2v) is 5.19. The van der Waals surface area contributed by atoms with Crippen LogP contribution in [0.4, 0.5) is 6.01 Å². The molecule has 3 nitrogen and oxygen atoms in total. The van der Waals surface area contributed by atoms with E-state index >= 15 is 0 Å². The number of aromatic nitrogens is 1. The van der Waals surface area contributed by atoms with E-state index in [0.717, 1.165) is 16.9 Å². The lowest BCUT2D eigenvalue weighted by Gasteiger charge is -2.21. The number of nitrogens with zero attached hydrogens (tertiary/aromatic N) is 1. The maximum absolute atomic E-state index is 5.64. The molecule has 1 aliphatic heterocycles. The molecule has 4 heteroatoms. The molecule has 2 heterocycles. The van der Waals surface area contributed by atoms with Crippen LogP contribution in [0.3, 0.4) is 0 Å². The Morgan fingerprint density at radius 2 is 2.31 bits per heavy atom. The molecule has 1 fully saturated rings. The summed E-state index contributed by atoms with van der Waals surface area (Å²) in [5.41, 5.74) is 1.78. The molecule has 0 radical (unpaired) electrons. The number of thioether (sulfide) groups is 1. The van der Waals surface area contributed by atoms with Gasteiger partial charge in [0, 0.05) is 11.8 Å². The van der Waals surface area contributed by atoms with Crippen LogP contribution in [-0.2, 0) is 0 Å². The van der Waals surface area contributed by atoms with Gasteiger partial charge in [-0.1, -0.05) is 12.1 Å². The molecule has 2 aromatic rings. The van der Waals surface area contributed by atoms with Crippen LogP contribution in [0.2, 0.25) is 0 Å². The van der Waals surface area contributed by atoms with Gasteiger partial charge in [0.05, 0.1) is 0 Å². The Kier molecular flexibility index (Phi) is 2.74. The quantitative estimate of drug-likeness (QED) is 0.866. The number of para-hydroxylation sites is 2. The molecular weight excluding hydrogens is 220 g/mol. The van der Waals surface area contributed by atoms with E-state index in [9.17, 15) is 0 Å². The molecular formula is C12H14N2OS. The van der Waals surface area contributed by atoms with E-state index in [4.69, 9.17) is 4.42 Å². The van der Waals surface area contributed by atoms with E-state index in [1.165, 1.54) is 18.6 Å². The van der Waals surface area contributed by atoms with Crippen LogP contribution in [0.1, 0.15) is 12.8 Å². The van der Waals surface area contributed by atoms with Gasteiger partial charge in [0.2, 0.25) is 0 Å². The van der Waals surface area contributed by atoms with E-state index in [1.54, 1.807) is 0 Å². The van der Waals surface area contributed by atoms with Crippen LogP contribution in [0.15, 0.2) is 28.7 Å². The minimum atomic E-state index is 0.506. The molecule has 1 aromatic carbocycles. The highest BCUT2D eigenvalue weighted by atomic mass is 32.2. The number of oxazole rings is 1. The Balaban J connectivity index is 1.78. The molecule has 16 heavy (non-hydrogen) atoms. The summed E-state index contributed by atoms with van der Waals surface area (Å²) >= 11 is 2.00. The molecule has 3 rings (SSSR count). The van der Waals surface area contributed by atoms with Gasteiger partial charge in [0.25, 0.3) is 6.01 Å². The van der Waals surface area contributed by atoms with Gasteiger partial charge in [-0.2, -0.15) is 16.7 Å². The molecule has 1 aromatic heterocycles. The van der Waals surface area contributed by atoms with E-state index in [0.29, 0.717) is 12.1 Å². The zero-order chi connectivity index (χ0) is 10.8. The normalized spacial score (nSPS) is 21.1. The van der Waals surface area contributed by atoms with Crippen molar-refractivity contribution in [1.82, 2.24) is 4.98 Å². The second kappa shape index (κ2) is 4.37. The summed E-state index contributed by atoms with van der Waals surface area (Å²) < 4.78 is 5.64. The Hall–Kier alpha value is -1.16. The lowest BCUT2D eigenvalue weighted by molar-refractivity contribution is 0.586. The SMILES string of the molecule is c1ccc2oc(NC3CCCSC3)nc2c1. The summed E-state index contributed by atoms with van der Waals surface area (Å²) in [6.07, 6.45) is 2.49. The molecule has 1 N–H and O–H groups in total. The average molecular weight is 234 g/mol. The third kappa shape index (κ3) is 2.02. The molecule has 1 aliphatic rings. The van der Waals surface area contributed by atoms with Crippen molar-refractivity contribution in [3.8, 4) is 0 Å². The number of anilines is 1. The van der Waals surface area contributed by atoms with Crippen molar-refractivity contribution in [2.75, 3.05) is 16.8 Å². The summed E-state index contributed by atoms with van der Waals surface area (Å²) in [6.45, 7) is 0. The van der Waals surface area contributed by atoms with Gasteiger partial charge < -0.3 is 9.73 Å². The van der Waals surface area contributed by atoms with Crippen molar-refractivity contribution < 1.29 is 4.42 Å². The molecule has 0 aliphatic carbocycles. The highest BCUT2D eigenvalue weighted by molar-refractivity contribution is 7.99. The monoisotopic (exact) mass is 234 g/mol. The molecule has 0 amide bonds. The number of nitrogens with one attached hydrogen (secondary N) is 1. The van der Waals surface area contributed by atoms with Gasteiger partial charge >= 0.3 is 0 Å². The van der Waals surface area contributed by atoms with Crippen LogP contribution < -0.4 is 5.32 Å². The van der Waals surface area contributed by atoms with Gasteiger partial charge in [-0.15, -0.1) is 0 Å². The van der Waals surface area contributed by atoms with Gasteiger partial charge in [0.1, 0.15) is 5.52 Å². The standard InChI is InChI=1S/C12H14N2OS/c1-2-6-11-10(5-1)14-12(15-11)13-9-4-3-7-16-8-9/h1-2,5-6,9H,3-4,7-8H2,(H,13,14). The van der Waals surface area contributed by atoms with Crippen LogP contribution in [0.25, 0.3) is 11.1 Å². The summed E-state index contributed by atoms with van der Waals surface area (Å²) in [7, 11) is 0. The molecule has 84 valence electrons. The molecule has 0 bridgehead atoms. The highest BCUT2D eigenvalue weighted by Crippen LogP contribution is 2.23. The van der Waals surface area contributed by atoms with Crippen LogP contribution >= 0.6 is 11.8 Å². The first-order valence-corrected chi connectivity index (χ1v) is 6.77. The van der Waals surface area contributed by atoms with Gasteiger partial charge in [-0.05, 0) is 30.7 Å². The van der Waals surface area contributed by atoms with Crippen molar-refractivity contribution in [2.24, 2.45) is 0 Å². The van der Waals surface area contributed by atoms with Gasteiger partial charge in [-0.3, -0.25) is 0 Å². The Labute approximate surface area is 98.6 Å². The lowest BCUT2D eigenvalue weighted by atomic mass is 10.2. The lowest BCUT2D eigenvalue weighted by Crippen LogP contribution is -2.25. The van der Waals surface area contributed by atoms with E-state index in [1.807, 2.05) is 36.0 Å². The van der Waals surface area contributed by atoms with Crippen LogP contribution in [0.5, 0.6) is 0 Å². The molecule has 1 atom stereocenters. The number of hydrogen-bond donors (Lipinski definition) is 1. The highest BCUT2D eigenvalue weighted by Gasteiger charge is 2.15. The van der Waals surface area contributed by atoms with E-state index in [-0.39, 0.29) is 0 Å². The average Bonchev–Trinajstić information content (AvgIpc) is 2.72. The van der Waals surface area contributed by atoms with Crippen molar-refractivity contribution in [1.29, 1.82) is 0 Å². The predicted molar refractivity (Wildman–Crippen MR) is 68.0 cm³/mol. The molecule has 0 saturated carbocycles. The largest absolute Gasteiger partial charge is 0.424 e. The maximum atomic E-state index is 5.64. The van der Waals surface area contributed by atoms with E-state index < -0.39 is 0 Å². The maximum Gasteiger partial charge on any atom is 0.295 e. The first-order valence-electron chi connectivity index (χ1n) is 5.62. The molecule has 1 unspecified atom stereocenters. The third-order valence-electron chi connectivity index (χ3n) is 2.78. The fraction of sp³-hybridized carbons (Fsp3) is 0.417. The third-order valence-corrected chi connectivity index (χ3v) is 4.00. The second-order valence-electron chi connectivity index (χ2n) is 4.05. The Bertz CT molecular complexity index is 444. The topological polar surface area (TPSA) is 38.1 Å². The Morgan fingerprint density at radius 1 is 1.38 bits per heavy atom. The smallest absolute Gasteiger partial charge is 0.295 e. The van der Waals surface area contributed by atoms with Crippen molar-refractivity contribution in [2.45, 2.75) is 18.9 Å². The van der Waals surface area contributed by atoms with Crippen LogP contribution in [0, 0.1) is 0 Å². The summed E-state index contributed by atoms with van der Waals surface area (Å²) in [5, 5.41) is 3.37. The molecule has 0 spiro atoms. The van der Waals surface area contributed by atoms with Crippen molar-refractivity contribution >= 4 is 28.9 Å². The fourth-order valence-electron chi connectivity index (χ4n) is 1.96. The van der Waals surface area contributed by atoms with Gasteiger partial charge in [-0.25, -0.2) is 0 Å². The fourth-order valence-corrected chi connectivity index (χ4v) is 3.04. The number of fused-ring (bicyclic) bond motifs is 1. The van der Waals surface area contributed by atoms with Gasteiger partial charge in [0.15, 0.2) is 5.58 Å². The number of benzene rings is 1. The zero-order valence-corrected chi connectivity index (χ0v) is 9.80. The minimum absolute atomic E-state index is 0.506. The van der Waals surface area contributed by atoms with E-state index in [2.05, 4.69) is 10.3 Å². The number of rotatable bonds is 2. The summed E-state index contributed by atoms with van der Waals surface area (Å²) in [4.78, 5) is 4.42. The minimum Gasteiger partial charge on any atom is -0.424 e. The van der Waals surface area contributed by atoms with Crippen LogP contribution in [-0.4, -0.2) is 22.5 Å². The first-order chi connectivity index (χ1) is 7.92. The number of hydrogen-bond acceptors (Lipinski definition) is 4. The first kappa shape index (κ1) is 10.0. The Morgan fingerprint density at radius 3 is 3.12 bits per heavy atom.